The number of hydrogen-bond donors (Lipinski definition) is 1. The normalized spacial score (nSPS) is 27.7. The van der Waals surface area contributed by atoms with Gasteiger partial charge < -0.3 is 19.9 Å². The molecule has 2 fully saturated rings. The van der Waals surface area contributed by atoms with E-state index in [1.807, 2.05) is 25.7 Å². The molecule has 2 heterocycles. The van der Waals surface area contributed by atoms with Gasteiger partial charge >= 0.3 is 12.1 Å². The molecule has 2 aliphatic heterocycles. The highest BCUT2D eigenvalue weighted by Crippen LogP contribution is 2.24. The fraction of sp³-hybridized carbons (Fsp3) is 0.846. The summed E-state index contributed by atoms with van der Waals surface area (Å²) >= 11 is 0. The molecule has 2 unspecified atom stereocenters. The van der Waals surface area contributed by atoms with Gasteiger partial charge in [-0.15, -0.1) is 0 Å². The van der Waals surface area contributed by atoms with E-state index >= 15 is 0 Å². The van der Waals surface area contributed by atoms with E-state index in [-0.39, 0.29) is 24.1 Å². The molecule has 1 N–H and O–H groups in total. The van der Waals surface area contributed by atoms with Crippen LogP contribution in [0.4, 0.5) is 9.59 Å². The fourth-order valence-corrected chi connectivity index (χ4v) is 2.63. The SMILES string of the molecule is CC1CN(C(=O)OC(C)(C)C)CC1N1CCNC1=O. The lowest BCUT2D eigenvalue weighted by Gasteiger charge is -2.26. The quantitative estimate of drug-likeness (QED) is 0.779. The highest BCUT2D eigenvalue weighted by molar-refractivity contribution is 5.77. The van der Waals surface area contributed by atoms with Gasteiger partial charge in [-0.25, -0.2) is 9.59 Å². The van der Waals surface area contributed by atoms with E-state index in [1.165, 1.54) is 0 Å². The van der Waals surface area contributed by atoms with Crippen molar-refractivity contribution < 1.29 is 14.3 Å². The highest BCUT2D eigenvalue weighted by Gasteiger charge is 2.40. The zero-order chi connectivity index (χ0) is 14.2. The van der Waals surface area contributed by atoms with Crippen LogP contribution in [0.5, 0.6) is 0 Å². The minimum Gasteiger partial charge on any atom is -0.444 e. The van der Waals surface area contributed by atoms with E-state index in [2.05, 4.69) is 12.2 Å². The zero-order valence-corrected chi connectivity index (χ0v) is 12.1. The van der Waals surface area contributed by atoms with Crippen LogP contribution in [0.25, 0.3) is 0 Å². The smallest absolute Gasteiger partial charge is 0.410 e. The molecule has 0 aromatic heterocycles. The topological polar surface area (TPSA) is 61.9 Å². The van der Waals surface area contributed by atoms with Crippen LogP contribution >= 0.6 is 0 Å². The first-order chi connectivity index (χ1) is 8.78. The molecule has 0 radical (unpaired) electrons. The number of urea groups is 1. The standard InChI is InChI=1S/C13H23N3O3/c1-9-7-15(12(18)19-13(2,3)4)8-10(9)16-6-5-14-11(16)17/h9-10H,5-8H2,1-4H3,(H,14,17). The fourth-order valence-electron chi connectivity index (χ4n) is 2.63. The van der Waals surface area contributed by atoms with Crippen LogP contribution in [0.3, 0.4) is 0 Å². The monoisotopic (exact) mass is 269 g/mol. The summed E-state index contributed by atoms with van der Waals surface area (Å²) < 4.78 is 5.38. The Labute approximate surface area is 114 Å². The van der Waals surface area contributed by atoms with Gasteiger partial charge in [0.2, 0.25) is 0 Å². The summed E-state index contributed by atoms with van der Waals surface area (Å²) in [6, 6.07) is 0.0675. The highest BCUT2D eigenvalue weighted by atomic mass is 16.6. The molecule has 2 saturated heterocycles. The maximum Gasteiger partial charge on any atom is 0.410 e. The molecule has 0 saturated carbocycles. The number of carbonyl (C=O) groups excluding carboxylic acids is 2. The molecule has 2 rings (SSSR count). The second kappa shape index (κ2) is 4.90. The van der Waals surface area contributed by atoms with Crippen LogP contribution < -0.4 is 5.32 Å². The van der Waals surface area contributed by atoms with Gasteiger partial charge in [0, 0.05) is 26.2 Å². The third kappa shape index (κ3) is 3.11. The average molecular weight is 269 g/mol. The van der Waals surface area contributed by atoms with Crippen molar-refractivity contribution in [1.82, 2.24) is 15.1 Å². The van der Waals surface area contributed by atoms with E-state index in [9.17, 15) is 9.59 Å². The summed E-state index contributed by atoms with van der Waals surface area (Å²) in [5.41, 5.74) is -0.483. The Hall–Kier alpha value is -1.46. The first kappa shape index (κ1) is 14.0. The van der Waals surface area contributed by atoms with Crippen LogP contribution in [-0.2, 0) is 4.74 Å². The Bertz CT molecular complexity index is 378. The molecule has 0 aliphatic carbocycles. The molecule has 2 aliphatic rings. The summed E-state index contributed by atoms with van der Waals surface area (Å²) in [6.07, 6.45) is -0.290. The number of likely N-dealkylation sites (tertiary alicyclic amines) is 1. The van der Waals surface area contributed by atoms with Gasteiger partial charge in [-0.1, -0.05) is 6.92 Å². The minimum atomic E-state index is -0.483. The lowest BCUT2D eigenvalue weighted by Crippen LogP contribution is -2.43. The third-order valence-corrected chi connectivity index (χ3v) is 3.51. The zero-order valence-electron chi connectivity index (χ0n) is 12.1. The molecule has 108 valence electrons. The predicted molar refractivity (Wildman–Crippen MR) is 70.9 cm³/mol. The maximum atomic E-state index is 12.0. The number of hydrogen-bond acceptors (Lipinski definition) is 3. The lowest BCUT2D eigenvalue weighted by molar-refractivity contribution is 0.0282. The predicted octanol–water partition coefficient (Wildman–Crippen LogP) is 1.27. The molecule has 19 heavy (non-hydrogen) atoms. The van der Waals surface area contributed by atoms with Gasteiger partial charge in [0.25, 0.3) is 0 Å². The van der Waals surface area contributed by atoms with Crippen LogP contribution in [0, 0.1) is 5.92 Å². The molecule has 0 bridgehead atoms. The number of carbonyl (C=O) groups is 2. The lowest BCUT2D eigenvalue weighted by atomic mass is 10.1. The molecular weight excluding hydrogens is 246 g/mol. The average Bonchev–Trinajstić information content (AvgIpc) is 2.82. The van der Waals surface area contributed by atoms with E-state index in [1.54, 1.807) is 4.90 Å². The van der Waals surface area contributed by atoms with Crippen molar-refractivity contribution in [2.75, 3.05) is 26.2 Å². The molecule has 6 heteroatoms. The number of nitrogens with one attached hydrogen (secondary N) is 1. The molecule has 2 atom stereocenters. The van der Waals surface area contributed by atoms with Crippen LogP contribution in [0.1, 0.15) is 27.7 Å². The Morgan fingerprint density at radius 1 is 1.37 bits per heavy atom. The summed E-state index contributed by atoms with van der Waals surface area (Å²) in [5.74, 6) is 0.274. The van der Waals surface area contributed by atoms with Crippen LogP contribution in [0.2, 0.25) is 0 Å². The van der Waals surface area contributed by atoms with E-state index in [0.29, 0.717) is 19.6 Å². The summed E-state index contributed by atoms with van der Waals surface area (Å²) in [7, 11) is 0. The molecule has 0 aromatic rings. The van der Waals surface area contributed by atoms with Crippen molar-refractivity contribution in [3.63, 3.8) is 0 Å². The van der Waals surface area contributed by atoms with Crippen molar-refractivity contribution in [3.05, 3.63) is 0 Å². The minimum absolute atomic E-state index is 0.0251. The molecule has 0 aromatic carbocycles. The summed E-state index contributed by atoms with van der Waals surface area (Å²) in [5, 5.41) is 2.80. The maximum absolute atomic E-state index is 12.0. The summed E-state index contributed by atoms with van der Waals surface area (Å²) in [4.78, 5) is 27.3. The molecular formula is C13H23N3O3. The van der Waals surface area contributed by atoms with Gasteiger partial charge in [-0.2, -0.15) is 0 Å². The van der Waals surface area contributed by atoms with Crippen molar-refractivity contribution in [1.29, 1.82) is 0 Å². The Morgan fingerprint density at radius 2 is 2.05 bits per heavy atom. The van der Waals surface area contributed by atoms with E-state index in [0.717, 1.165) is 6.54 Å². The van der Waals surface area contributed by atoms with Gasteiger partial charge in [0.15, 0.2) is 0 Å². The van der Waals surface area contributed by atoms with E-state index in [4.69, 9.17) is 4.74 Å². The van der Waals surface area contributed by atoms with Gasteiger partial charge in [-0.3, -0.25) is 0 Å². The van der Waals surface area contributed by atoms with Crippen molar-refractivity contribution in [3.8, 4) is 0 Å². The number of amides is 3. The van der Waals surface area contributed by atoms with Crippen LogP contribution in [-0.4, -0.2) is 59.7 Å². The molecule has 0 spiro atoms. The largest absolute Gasteiger partial charge is 0.444 e. The van der Waals surface area contributed by atoms with Crippen molar-refractivity contribution in [2.45, 2.75) is 39.3 Å². The Balaban J connectivity index is 1.97. The van der Waals surface area contributed by atoms with Crippen LogP contribution in [0.15, 0.2) is 0 Å². The number of nitrogens with zero attached hydrogens (tertiary/aromatic N) is 2. The van der Waals surface area contributed by atoms with Gasteiger partial charge in [0.1, 0.15) is 5.60 Å². The van der Waals surface area contributed by atoms with Gasteiger partial charge in [0.05, 0.1) is 6.04 Å². The van der Waals surface area contributed by atoms with E-state index < -0.39 is 5.60 Å². The van der Waals surface area contributed by atoms with Gasteiger partial charge in [-0.05, 0) is 26.7 Å². The Morgan fingerprint density at radius 3 is 2.58 bits per heavy atom. The summed E-state index contributed by atoms with van der Waals surface area (Å²) in [6.45, 7) is 10.2. The second-order valence-electron chi connectivity index (χ2n) is 6.36. The molecule has 3 amide bonds. The van der Waals surface area contributed by atoms with Crippen molar-refractivity contribution in [2.24, 2.45) is 5.92 Å². The molecule has 6 nitrogen and oxygen atoms in total. The Kier molecular flexibility index (Phi) is 3.60. The van der Waals surface area contributed by atoms with Crippen molar-refractivity contribution >= 4 is 12.1 Å². The second-order valence-corrected chi connectivity index (χ2v) is 6.36. The first-order valence-electron chi connectivity index (χ1n) is 6.80. The number of rotatable bonds is 1. The number of ether oxygens (including phenoxy) is 1. The third-order valence-electron chi connectivity index (χ3n) is 3.51. The first-order valence-corrected chi connectivity index (χ1v) is 6.80.